The molecule has 0 fully saturated rings. The fraction of sp³-hybridized carbons (Fsp3) is 0.158. The number of primary amides is 1. The predicted molar refractivity (Wildman–Crippen MR) is 105 cm³/mol. The number of para-hydroxylation sites is 1. The Morgan fingerprint density at radius 3 is 2.67 bits per heavy atom. The van der Waals surface area contributed by atoms with E-state index >= 15 is 0 Å². The Morgan fingerprint density at radius 1 is 1.15 bits per heavy atom. The molecule has 0 atom stereocenters. The van der Waals surface area contributed by atoms with Gasteiger partial charge in [0.15, 0.2) is 11.0 Å². The molecule has 0 spiro atoms. The van der Waals surface area contributed by atoms with Crippen LogP contribution in [0.4, 0.5) is 5.69 Å². The molecule has 138 valence electrons. The minimum Gasteiger partial charge on any atom is -0.366 e. The highest BCUT2D eigenvalue weighted by Crippen LogP contribution is 2.23. The zero-order valence-electron chi connectivity index (χ0n) is 15.0. The van der Waals surface area contributed by atoms with Gasteiger partial charge in [0.2, 0.25) is 5.91 Å². The molecule has 0 saturated carbocycles. The van der Waals surface area contributed by atoms with Crippen molar-refractivity contribution in [2.75, 3.05) is 11.1 Å². The van der Waals surface area contributed by atoms with Crippen molar-refractivity contribution in [2.45, 2.75) is 12.1 Å². The summed E-state index contributed by atoms with van der Waals surface area (Å²) in [6.07, 6.45) is 0. The third-order valence-corrected chi connectivity index (χ3v) is 4.93. The van der Waals surface area contributed by atoms with E-state index < -0.39 is 5.91 Å². The number of anilines is 1. The summed E-state index contributed by atoms with van der Waals surface area (Å²) < 4.78 is 1.85. The van der Waals surface area contributed by atoms with Gasteiger partial charge in [0, 0.05) is 12.6 Å². The molecule has 2 aromatic carbocycles. The van der Waals surface area contributed by atoms with Gasteiger partial charge in [-0.2, -0.15) is 0 Å². The van der Waals surface area contributed by atoms with E-state index in [1.54, 1.807) is 24.3 Å². The van der Waals surface area contributed by atoms with Crippen molar-refractivity contribution < 1.29 is 9.59 Å². The number of nitrogens with one attached hydrogen (secondary N) is 1. The fourth-order valence-electron chi connectivity index (χ4n) is 2.60. The molecule has 1 heterocycles. The molecule has 0 bridgehead atoms. The molecule has 27 heavy (non-hydrogen) atoms. The van der Waals surface area contributed by atoms with Crippen LogP contribution in [0.3, 0.4) is 0 Å². The Hall–Kier alpha value is -3.13. The predicted octanol–water partition coefficient (Wildman–Crippen LogP) is 2.62. The molecule has 0 aliphatic carbocycles. The second-order valence-corrected chi connectivity index (χ2v) is 6.92. The first-order chi connectivity index (χ1) is 13.0. The van der Waals surface area contributed by atoms with Crippen molar-refractivity contribution in [2.24, 2.45) is 12.8 Å². The third kappa shape index (κ3) is 4.35. The maximum absolute atomic E-state index is 12.3. The lowest BCUT2D eigenvalue weighted by Crippen LogP contribution is -2.19. The van der Waals surface area contributed by atoms with E-state index in [2.05, 4.69) is 15.5 Å². The zero-order chi connectivity index (χ0) is 19.4. The molecule has 0 radical (unpaired) electrons. The largest absolute Gasteiger partial charge is 0.366 e. The lowest BCUT2D eigenvalue weighted by atomic mass is 10.1. The minimum atomic E-state index is -0.588. The Bertz CT molecular complexity index is 999. The average molecular weight is 381 g/mol. The summed E-state index contributed by atoms with van der Waals surface area (Å²) in [5.74, 6) is 0.0246. The van der Waals surface area contributed by atoms with Crippen molar-refractivity contribution >= 4 is 29.3 Å². The number of hydrogen-bond donors (Lipinski definition) is 2. The molecule has 0 aliphatic heterocycles. The van der Waals surface area contributed by atoms with Gasteiger partial charge in [0.25, 0.3) is 5.91 Å². The van der Waals surface area contributed by atoms with Gasteiger partial charge in [0.05, 0.1) is 17.0 Å². The fourth-order valence-corrected chi connectivity index (χ4v) is 3.31. The Balaban J connectivity index is 1.67. The minimum absolute atomic E-state index is 0.132. The summed E-state index contributed by atoms with van der Waals surface area (Å²) in [5.41, 5.74) is 8.10. The SMILES string of the molecule is Cc1cccc(-c2nnc(SCC(=O)Nc3ccccc3C(N)=O)n2C)c1. The van der Waals surface area contributed by atoms with Crippen molar-refractivity contribution in [3.05, 3.63) is 59.7 Å². The topological polar surface area (TPSA) is 103 Å². The Labute approximate surface area is 161 Å². The van der Waals surface area contributed by atoms with Crippen LogP contribution in [0.5, 0.6) is 0 Å². The second kappa shape index (κ2) is 8.05. The zero-order valence-corrected chi connectivity index (χ0v) is 15.8. The summed E-state index contributed by atoms with van der Waals surface area (Å²) in [5, 5.41) is 11.7. The molecule has 2 amide bonds. The highest BCUT2D eigenvalue weighted by Gasteiger charge is 2.14. The molecule has 3 aromatic rings. The summed E-state index contributed by atoms with van der Waals surface area (Å²) in [4.78, 5) is 23.7. The number of carbonyl (C=O) groups is 2. The maximum atomic E-state index is 12.3. The standard InChI is InChI=1S/C19H19N5O2S/c1-12-6-5-7-13(10-12)18-22-23-19(24(18)2)27-11-16(25)21-15-9-4-3-8-14(15)17(20)26/h3-10H,11H2,1-2H3,(H2,20,26)(H,21,25). The Kier molecular flexibility index (Phi) is 5.56. The molecule has 3 N–H and O–H groups in total. The average Bonchev–Trinajstić information content (AvgIpc) is 3.01. The van der Waals surface area contributed by atoms with Crippen LogP contribution < -0.4 is 11.1 Å². The third-order valence-electron chi connectivity index (χ3n) is 3.91. The van der Waals surface area contributed by atoms with E-state index in [0.29, 0.717) is 10.8 Å². The highest BCUT2D eigenvalue weighted by molar-refractivity contribution is 7.99. The number of hydrogen-bond acceptors (Lipinski definition) is 5. The van der Waals surface area contributed by atoms with E-state index in [9.17, 15) is 9.59 Å². The molecule has 3 rings (SSSR count). The summed E-state index contributed by atoms with van der Waals surface area (Å²) in [6, 6.07) is 14.6. The van der Waals surface area contributed by atoms with Crippen LogP contribution in [-0.2, 0) is 11.8 Å². The number of rotatable bonds is 6. The number of amides is 2. The van der Waals surface area contributed by atoms with Gasteiger partial charge in [-0.3, -0.25) is 9.59 Å². The van der Waals surface area contributed by atoms with Crippen molar-refractivity contribution in [1.82, 2.24) is 14.8 Å². The maximum Gasteiger partial charge on any atom is 0.250 e. The van der Waals surface area contributed by atoms with Crippen LogP contribution >= 0.6 is 11.8 Å². The van der Waals surface area contributed by atoms with Gasteiger partial charge in [-0.1, -0.05) is 47.7 Å². The molecule has 0 aliphatic rings. The number of aryl methyl sites for hydroxylation is 1. The molecule has 8 heteroatoms. The van der Waals surface area contributed by atoms with Gasteiger partial charge in [-0.25, -0.2) is 0 Å². The van der Waals surface area contributed by atoms with E-state index in [-0.39, 0.29) is 17.2 Å². The van der Waals surface area contributed by atoms with Gasteiger partial charge >= 0.3 is 0 Å². The van der Waals surface area contributed by atoms with E-state index in [1.165, 1.54) is 11.8 Å². The molecule has 1 aromatic heterocycles. The number of carbonyl (C=O) groups excluding carboxylic acids is 2. The molecular formula is C19H19N5O2S. The number of benzene rings is 2. The van der Waals surface area contributed by atoms with E-state index in [4.69, 9.17) is 5.73 Å². The van der Waals surface area contributed by atoms with Crippen LogP contribution in [0.15, 0.2) is 53.7 Å². The molecule has 0 unspecified atom stereocenters. The summed E-state index contributed by atoms with van der Waals surface area (Å²) in [6.45, 7) is 2.02. The molecule has 7 nitrogen and oxygen atoms in total. The monoisotopic (exact) mass is 381 g/mol. The summed E-state index contributed by atoms with van der Waals surface area (Å²) in [7, 11) is 1.86. The van der Waals surface area contributed by atoms with Crippen molar-refractivity contribution in [1.29, 1.82) is 0 Å². The van der Waals surface area contributed by atoms with Gasteiger partial charge in [0.1, 0.15) is 0 Å². The van der Waals surface area contributed by atoms with Crippen molar-refractivity contribution in [3.8, 4) is 11.4 Å². The molecular weight excluding hydrogens is 362 g/mol. The molecule has 0 saturated heterocycles. The van der Waals surface area contributed by atoms with Crippen molar-refractivity contribution in [3.63, 3.8) is 0 Å². The second-order valence-electron chi connectivity index (χ2n) is 5.98. The first-order valence-corrected chi connectivity index (χ1v) is 9.22. The highest BCUT2D eigenvalue weighted by atomic mass is 32.2. The van der Waals surface area contributed by atoms with Gasteiger partial charge in [-0.15, -0.1) is 10.2 Å². The number of thioether (sulfide) groups is 1. The van der Waals surface area contributed by atoms with Crippen LogP contribution in [-0.4, -0.2) is 32.3 Å². The normalized spacial score (nSPS) is 10.6. The van der Waals surface area contributed by atoms with Crippen LogP contribution in [0.25, 0.3) is 11.4 Å². The number of aromatic nitrogens is 3. The summed E-state index contributed by atoms with van der Waals surface area (Å²) >= 11 is 1.27. The van der Waals surface area contributed by atoms with Crippen LogP contribution in [0.1, 0.15) is 15.9 Å². The number of nitrogens with zero attached hydrogens (tertiary/aromatic N) is 3. The van der Waals surface area contributed by atoms with E-state index in [0.717, 1.165) is 17.0 Å². The van der Waals surface area contributed by atoms with E-state index in [1.807, 2.05) is 42.8 Å². The van der Waals surface area contributed by atoms with Crippen LogP contribution in [0, 0.1) is 6.92 Å². The Morgan fingerprint density at radius 2 is 1.93 bits per heavy atom. The van der Waals surface area contributed by atoms with Crippen LogP contribution in [0.2, 0.25) is 0 Å². The quantitative estimate of drug-likeness (QED) is 0.639. The lowest BCUT2D eigenvalue weighted by Gasteiger charge is -2.08. The smallest absolute Gasteiger partial charge is 0.250 e. The number of nitrogens with two attached hydrogens (primary N) is 1. The first-order valence-electron chi connectivity index (χ1n) is 8.23. The first kappa shape index (κ1) is 18.7. The van der Waals surface area contributed by atoms with Gasteiger partial charge in [-0.05, 0) is 25.1 Å². The van der Waals surface area contributed by atoms with Gasteiger partial charge < -0.3 is 15.6 Å². The lowest BCUT2D eigenvalue weighted by molar-refractivity contribution is -0.113.